The average Bonchev–Trinajstić information content (AvgIpc) is 3.14. The summed E-state index contributed by atoms with van der Waals surface area (Å²) < 4.78 is 79.8. The summed E-state index contributed by atoms with van der Waals surface area (Å²) in [5, 5.41) is 19.6. The first-order valence-electron chi connectivity index (χ1n) is 9.99. The number of aromatic nitrogens is 1. The number of benzene rings is 2. The first-order chi connectivity index (χ1) is 16.9. The lowest BCUT2D eigenvalue weighted by atomic mass is 9.84. The maximum absolute atomic E-state index is 13.3. The van der Waals surface area contributed by atoms with E-state index in [0.29, 0.717) is 0 Å². The quantitative estimate of drug-likeness (QED) is 0.521. The van der Waals surface area contributed by atoms with Crippen molar-refractivity contribution in [1.82, 2.24) is 4.57 Å². The topological polar surface area (TPSA) is 95.6 Å². The van der Waals surface area contributed by atoms with E-state index < -0.39 is 35.0 Å². The Labute approximate surface area is 202 Å². The van der Waals surface area contributed by atoms with E-state index in [0.717, 1.165) is 46.2 Å². The van der Waals surface area contributed by atoms with Crippen LogP contribution in [0, 0.1) is 22.7 Å². The minimum absolute atomic E-state index is 0.0281. The van der Waals surface area contributed by atoms with Gasteiger partial charge in [0.25, 0.3) is 5.56 Å². The molecule has 0 saturated carbocycles. The van der Waals surface area contributed by atoms with Crippen LogP contribution in [-0.2, 0) is 12.4 Å². The molecule has 2 heterocycles. The monoisotopic (exact) mass is 518 g/mol. The molecule has 0 unspecified atom stereocenters. The molecule has 0 spiro atoms. The third-order valence-corrected chi connectivity index (χ3v) is 6.56. The molecule has 12 heteroatoms. The Morgan fingerprint density at radius 1 is 0.917 bits per heavy atom. The van der Waals surface area contributed by atoms with E-state index in [9.17, 15) is 41.7 Å². The van der Waals surface area contributed by atoms with Crippen molar-refractivity contribution < 1.29 is 26.3 Å². The van der Waals surface area contributed by atoms with Gasteiger partial charge in [0.05, 0.1) is 44.9 Å². The lowest BCUT2D eigenvalue weighted by Crippen LogP contribution is -2.38. The van der Waals surface area contributed by atoms with Crippen LogP contribution in [0.4, 0.5) is 26.3 Å². The number of hydrogen-bond donors (Lipinski definition) is 1. The van der Waals surface area contributed by atoms with Crippen LogP contribution in [0.25, 0.3) is 17.5 Å². The van der Waals surface area contributed by atoms with Gasteiger partial charge in [0, 0.05) is 0 Å². The van der Waals surface area contributed by atoms with E-state index in [1.807, 2.05) is 6.07 Å². The first kappa shape index (κ1) is 24.8. The summed E-state index contributed by atoms with van der Waals surface area (Å²) in [6.07, 6.45) is -8.11. The van der Waals surface area contributed by atoms with E-state index in [1.54, 1.807) is 6.07 Å². The maximum Gasteiger partial charge on any atom is 0.416 e. The molecule has 5 nitrogen and oxygen atoms in total. The highest BCUT2D eigenvalue weighted by Crippen LogP contribution is 2.38. The molecule has 0 amide bonds. The van der Waals surface area contributed by atoms with Crippen molar-refractivity contribution in [2.75, 3.05) is 0 Å². The lowest BCUT2D eigenvalue weighted by molar-refractivity contribution is -0.138. The van der Waals surface area contributed by atoms with Crippen LogP contribution >= 0.6 is 11.3 Å². The molecule has 0 saturated heterocycles. The number of allylic oxidation sites excluding steroid dienone is 1. The number of rotatable bonds is 2. The molecular weight excluding hydrogens is 506 g/mol. The predicted octanol–water partition coefficient (Wildman–Crippen LogP) is 3.90. The number of nitrogens with zero attached hydrogens (tertiary/aromatic N) is 3. The molecule has 1 atom stereocenters. The Morgan fingerprint density at radius 3 is 2.08 bits per heavy atom. The van der Waals surface area contributed by atoms with Crippen molar-refractivity contribution in [2.24, 2.45) is 5.73 Å². The zero-order valence-corrected chi connectivity index (χ0v) is 18.6. The van der Waals surface area contributed by atoms with Crippen LogP contribution in [0.5, 0.6) is 0 Å². The van der Waals surface area contributed by atoms with Gasteiger partial charge < -0.3 is 5.73 Å². The highest BCUT2D eigenvalue weighted by Gasteiger charge is 2.35. The van der Waals surface area contributed by atoms with E-state index in [4.69, 9.17) is 5.73 Å². The number of alkyl halides is 6. The molecule has 182 valence electrons. The number of hydrogen-bond acceptors (Lipinski definition) is 5. The standard InChI is InChI=1S/C24H12F6N4OS/c25-23(26,27)14-5-1-3-12(7-14)8-18-21(35)34-20(33)16(10-31)19(17(11-32)22(34)36-18)13-4-2-6-15(9-13)24(28,29)30/h1-9,19H,33H2/t19-/m1/s1. The van der Waals surface area contributed by atoms with E-state index in [1.165, 1.54) is 24.3 Å². The minimum Gasteiger partial charge on any atom is -0.384 e. The van der Waals surface area contributed by atoms with Crippen LogP contribution in [0.2, 0.25) is 0 Å². The van der Waals surface area contributed by atoms with Gasteiger partial charge in [0.2, 0.25) is 0 Å². The molecule has 36 heavy (non-hydrogen) atoms. The predicted molar refractivity (Wildman–Crippen MR) is 119 cm³/mol. The first-order valence-corrected chi connectivity index (χ1v) is 10.8. The molecule has 1 aliphatic rings. The van der Waals surface area contributed by atoms with Crippen LogP contribution in [0.1, 0.15) is 28.2 Å². The highest BCUT2D eigenvalue weighted by molar-refractivity contribution is 7.07. The number of fused-ring (bicyclic) bond motifs is 1. The fourth-order valence-electron chi connectivity index (χ4n) is 3.84. The largest absolute Gasteiger partial charge is 0.416 e. The summed E-state index contributed by atoms with van der Waals surface area (Å²) >= 11 is 0.736. The summed E-state index contributed by atoms with van der Waals surface area (Å²) in [7, 11) is 0. The van der Waals surface area contributed by atoms with Crippen LogP contribution in [0.15, 0.2) is 58.9 Å². The van der Waals surface area contributed by atoms with Gasteiger partial charge in [-0.1, -0.05) is 30.3 Å². The zero-order valence-electron chi connectivity index (χ0n) is 17.8. The Morgan fingerprint density at radius 2 is 1.50 bits per heavy atom. The van der Waals surface area contributed by atoms with Gasteiger partial charge in [-0.2, -0.15) is 36.9 Å². The number of nitriles is 2. The summed E-state index contributed by atoms with van der Waals surface area (Å²) in [5.41, 5.74) is 2.89. The zero-order chi connectivity index (χ0) is 26.4. The fraction of sp³-hybridized carbons (Fsp3) is 0.125. The molecule has 4 rings (SSSR count). The molecule has 1 aliphatic heterocycles. The van der Waals surface area contributed by atoms with Gasteiger partial charge in [-0.15, -0.1) is 11.3 Å². The minimum atomic E-state index is -4.68. The van der Waals surface area contributed by atoms with Gasteiger partial charge in [-0.05, 0) is 35.4 Å². The SMILES string of the molecule is N#CC1=C(N)n2c(sc(=Cc3cccc(C(F)(F)F)c3)c2=O)=C(C#N)[C@@H]1c1cccc(C(F)(F)F)c1. The maximum atomic E-state index is 13.3. The molecule has 0 fully saturated rings. The molecule has 3 aromatic rings. The molecule has 0 bridgehead atoms. The molecule has 0 aliphatic carbocycles. The highest BCUT2D eigenvalue weighted by atomic mass is 32.1. The second-order valence-electron chi connectivity index (χ2n) is 7.67. The van der Waals surface area contributed by atoms with E-state index in [-0.39, 0.29) is 37.3 Å². The molecule has 2 aromatic carbocycles. The van der Waals surface area contributed by atoms with Crippen LogP contribution in [-0.4, -0.2) is 4.57 Å². The second kappa shape index (κ2) is 8.73. The molecule has 0 radical (unpaired) electrons. The van der Waals surface area contributed by atoms with Gasteiger partial charge in [-0.25, -0.2) is 0 Å². The second-order valence-corrected chi connectivity index (χ2v) is 8.70. The van der Waals surface area contributed by atoms with Crippen LogP contribution in [0.3, 0.4) is 0 Å². The van der Waals surface area contributed by atoms with E-state index in [2.05, 4.69) is 0 Å². The third kappa shape index (κ3) is 4.27. The van der Waals surface area contributed by atoms with Gasteiger partial charge in [0.15, 0.2) is 0 Å². The summed E-state index contributed by atoms with van der Waals surface area (Å²) in [5.74, 6) is -1.65. The number of halogens is 6. The summed E-state index contributed by atoms with van der Waals surface area (Å²) in [6.45, 7) is 0. The molecule has 2 N–H and O–H groups in total. The van der Waals surface area contributed by atoms with Gasteiger partial charge >= 0.3 is 12.4 Å². The summed E-state index contributed by atoms with van der Waals surface area (Å²) in [6, 6.07) is 11.9. The average molecular weight is 518 g/mol. The van der Waals surface area contributed by atoms with Crippen molar-refractivity contribution >= 4 is 28.8 Å². The van der Waals surface area contributed by atoms with Crippen molar-refractivity contribution in [3.8, 4) is 12.1 Å². The smallest absolute Gasteiger partial charge is 0.384 e. The van der Waals surface area contributed by atoms with Crippen LogP contribution < -0.4 is 20.5 Å². The van der Waals surface area contributed by atoms with Crippen molar-refractivity contribution in [1.29, 1.82) is 10.5 Å². The Balaban J connectivity index is 2.00. The van der Waals surface area contributed by atoms with Crippen molar-refractivity contribution in [3.05, 3.63) is 95.9 Å². The van der Waals surface area contributed by atoms with Gasteiger partial charge in [0.1, 0.15) is 10.5 Å². The number of nitrogens with two attached hydrogens (primary N) is 1. The fourth-order valence-corrected chi connectivity index (χ4v) is 4.96. The number of thiazole rings is 1. The Bertz CT molecular complexity index is 1680. The van der Waals surface area contributed by atoms with Gasteiger partial charge in [-0.3, -0.25) is 9.36 Å². The lowest BCUT2D eigenvalue weighted by Gasteiger charge is -2.23. The Hall–Kier alpha value is -4.29. The van der Waals surface area contributed by atoms with Crippen molar-refractivity contribution in [3.63, 3.8) is 0 Å². The Kier molecular flexibility index (Phi) is 6.02. The van der Waals surface area contributed by atoms with Crippen molar-refractivity contribution in [2.45, 2.75) is 18.3 Å². The summed E-state index contributed by atoms with van der Waals surface area (Å²) in [4.78, 5) is 13.1. The molecule has 1 aromatic heterocycles. The van der Waals surface area contributed by atoms with E-state index >= 15 is 0 Å². The molecular formula is C24H12F6N4OS. The normalized spacial score (nSPS) is 16.5. The third-order valence-electron chi connectivity index (χ3n) is 5.45.